The number of rotatable bonds is 8. The molecule has 1 aliphatic rings. The molecule has 3 aromatic rings. The lowest BCUT2D eigenvalue weighted by molar-refractivity contribution is -0.117. The fourth-order valence-corrected chi connectivity index (χ4v) is 4.38. The highest BCUT2D eigenvalue weighted by Crippen LogP contribution is 2.32. The van der Waals surface area contributed by atoms with Gasteiger partial charge < -0.3 is 5.32 Å². The summed E-state index contributed by atoms with van der Waals surface area (Å²) in [6, 6.07) is 15.8. The van der Waals surface area contributed by atoms with E-state index >= 15 is 0 Å². The minimum Gasteiger partial charge on any atom is -0.326 e. The van der Waals surface area contributed by atoms with E-state index in [9.17, 15) is 13.2 Å². The number of hydrogen-bond acceptors (Lipinski definition) is 5. The average Bonchev–Trinajstić information content (AvgIpc) is 3.45. The van der Waals surface area contributed by atoms with Gasteiger partial charge in [0.15, 0.2) is 0 Å². The number of aromatic nitrogens is 1. The van der Waals surface area contributed by atoms with E-state index in [0.717, 1.165) is 52.2 Å². The Labute approximate surface area is 180 Å². The summed E-state index contributed by atoms with van der Waals surface area (Å²) in [5, 5.41) is 5.90. The molecular weight excluding hydrogens is 418 g/mol. The van der Waals surface area contributed by atoms with E-state index in [-0.39, 0.29) is 11.8 Å². The molecule has 0 atom stereocenters. The standard InChI is InChI=1S/C22H23N3O3S2/c1-30(27,28)23-12-11-15-5-7-16(8-6-15)20-14-29-22(25-20)18-3-2-4-19(13-18)24-21(26)17-9-10-17/h2-8,13-14,17,23H,9-12H2,1H3,(H,24,26). The van der Waals surface area contributed by atoms with Crippen LogP contribution in [0.3, 0.4) is 0 Å². The van der Waals surface area contributed by atoms with Crippen molar-refractivity contribution >= 4 is 33.0 Å². The number of anilines is 1. The molecule has 1 heterocycles. The van der Waals surface area contributed by atoms with Gasteiger partial charge in [-0.05, 0) is 37.0 Å². The van der Waals surface area contributed by atoms with Gasteiger partial charge in [0.05, 0.1) is 11.9 Å². The van der Waals surface area contributed by atoms with Gasteiger partial charge in [-0.1, -0.05) is 36.4 Å². The summed E-state index contributed by atoms with van der Waals surface area (Å²) in [6.45, 7) is 0.382. The van der Waals surface area contributed by atoms with Crippen molar-refractivity contribution in [2.75, 3.05) is 18.1 Å². The Hall–Kier alpha value is -2.55. The molecule has 0 unspecified atom stereocenters. The first kappa shape index (κ1) is 20.7. The third kappa shape index (κ3) is 5.53. The van der Waals surface area contributed by atoms with E-state index in [2.05, 4.69) is 10.0 Å². The number of amides is 1. The fraction of sp³-hybridized carbons (Fsp3) is 0.273. The molecule has 4 rings (SSSR count). The number of carbonyl (C=O) groups is 1. The molecule has 8 heteroatoms. The normalized spacial score (nSPS) is 13.9. The molecule has 1 amide bonds. The molecule has 1 saturated carbocycles. The minimum atomic E-state index is -3.16. The van der Waals surface area contributed by atoms with E-state index in [1.54, 1.807) is 11.3 Å². The van der Waals surface area contributed by atoms with Gasteiger partial charge in [-0.25, -0.2) is 18.1 Å². The van der Waals surface area contributed by atoms with Crippen molar-refractivity contribution in [1.29, 1.82) is 0 Å². The maximum atomic E-state index is 12.0. The molecule has 1 aliphatic carbocycles. The van der Waals surface area contributed by atoms with Crippen LogP contribution in [-0.2, 0) is 21.2 Å². The van der Waals surface area contributed by atoms with Crippen LogP contribution in [0.4, 0.5) is 5.69 Å². The number of hydrogen-bond donors (Lipinski definition) is 2. The zero-order valence-corrected chi connectivity index (χ0v) is 18.2. The lowest BCUT2D eigenvalue weighted by atomic mass is 10.1. The van der Waals surface area contributed by atoms with Gasteiger partial charge in [0.1, 0.15) is 5.01 Å². The second kappa shape index (κ2) is 8.67. The van der Waals surface area contributed by atoms with Gasteiger partial charge in [0, 0.05) is 34.7 Å². The molecule has 2 aromatic carbocycles. The highest BCUT2D eigenvalue weighted by atomic mass is 32.2. The monoisotopic (exact) mass is 441 g/mol. The van der Waals surface area contributed by atoms with Gasteiger partial charge in [0.25, 0.3) is 0 Å². The van der Waals surface area contributed by atoms with Gasteiger partial charge in [-0.3, -0.25) is 4.79 Å². The average molecular weight is 442 g/mol. The maximum absolute atomic E-state index is 12.0. The fourth-order valence-electron chi connectivity index (χ4n) is 3.08. The molecule has 0 bridgehead atoms. The van der Waals surface area contributed by atoms with E-state index in [4.69, 9.17) is 4.98 Å². The molecule has 30 heavy (non-hydrogen) atoms. The third-order valence-corrected chi connectivity index (χ3v) is 6.48. The van der Waals surface area contributed by atoms with E-state index in [0.29, 0.717) is 13.0 Å². The Bertz CT molecular complexity index is 1150. The highest BCUT2D eigenvalue weighted by molar-refractivity contribution is 7.88. The molecule has 6 nitrogen and oxygen atoms in total. The van der Waals surface area contributed by atoms with Crippen LogP contribution in [0.5, 0.6) is 0 Å². The van der Waals surface area contributed by atoms with Crippen LogP contribution in [0.2, 0.25) is 0 Å². The van der Waals surface area contributed by atoms with Gasteiger partial charge >= 0.3 is 0 Å². The molecule has 2 N–H and O–H groups in total. The first-order valence-corrected chi connectivity index (χ1v) is 12.6. The van der Waals surface area contributed by atoms with Crippen LogP contribution in [-0.4, -0.2) is 32.1 Å². The molecule has 0 spiro atoms. The highest BCUT2D eigenvalue weighted by Gasteiger charge is 2.29. The number of nitrogens with zero attached hydrogens (tertiary/aromatic N) is 1. The summed E-state index contributed by atoms with van der Waals surface area (Å²) < 4.78 is 24.8. The third-order valence-electron chi connectivity index (χ3n) is 4.86. The largest absolute Gasteiger partial charge is 0.326 e. The van der Waals surface area contributed by atoms with Crippen LogP contribution in [0, 0.1) is 5.92 Å². The van der Waals surface area contributed by atoms with Crippen molar-refractivity contribution in [2.24, 2.45) is 5.92 Å². The van der Waals surface area contributed by atoms with Crippen LogP contribution in [0.1, 0.15) is 18.4 Å². The topological polar surface area (TPSA) is 88.2 Å². The van der Waals surface area contributed by atoms with Crippen LogP contribution < -0.4 is 10.0 Å². The molecule has 1 aromatic heterocycles. The summed E-state index contributed by atoms with van der Waals surface area (Å²) in [7, 11) is -3.16. The first-order valence-electron chi connectivity index (χ1n) is 9.78. The van der Waals surface area contributed by atoms with E-state index < -0.39 is 10.0 Å². The molecule has 0 saturated heterocycles. The van der Waals surface area contributed by atoms with Crippen molar-refractivity contribution in [3.05, 3.63) is 59.5 Å². The summed E-state index contributed by atoms with van der Waals surface area (Å²) in [5.74, 6) is 0.268. The number of carbonyl (C=O) groups excluding carboxylic acids is 1. The predicted octanol–water partition coefficient (Wildman–Crippen LogP) is 3.92. The molecule has 0 radical (unpaired) electrons. The zero-order valence-electron chi connectivity index (χ0n) is 16.6. The lowest BCUT2D eigenvalue weighted by Crippen LogP contribution is -2.24. The SMILES string of the molecule is CS(=O)(=O)NCCc1ccc(-c2csc(-c3cccc(NC(=O)C4CC4)c3)n2)cc1. The molecular formula is C22H23N3O3S2. The van der Waals surface area contributed by atoms with Crippen molar-refractivity contribution in [2.45, 2.75) is 19.3 Å². The smallest absolute Gasteiger partial charge is 0.227 e. The van der Waals surface area contributed by atoms with Crippen molar-refractivity contribution in [3.8, 4) is 21.8 Å². The van der Waals surface area contributed by atoms with Crippen molar-refractivity contribution < 1.29 is 13.2 Å². The number of benzene rings is 2. The summed E-state index contributed by atoms with van der Waals surface area (Å²) in [5.41, 5.74) is 4.74. The van der Waals surface area contributed by atoms with Crippen molar-refractivity contribution in [1.82, 2.24) is 9.71 Å². The number of sulfonamides is 1. The van der Waals surface area contributed by atoms with Gasteiger partial charge in [-0.2, -0.15) is 0 Å². The quantitative estimate of drug-likeness (QED) is 0.555. The number of nitrogens with one attached hydrogen (secondary N) is 2. The van der Waals surface area contributed by atoms with Gasteiger partial charge in [-0.15, -0.1) is 11.3 Å². The van der Waals surface area contributed by atoms with Crippen LogP contribution in [0.25, 0.3) is 21.8 Å². The Kier molecular flexibility index (Phi) is 5.99. The Morgan fingerprint density at radius 3 is 2.60 bits per heavy atom. The zero-order chi connectivity index (χ0) is 21.1. The summed E-state index contributed by atoms with van der Waals surface area (Å²) in [6.07, 6.45) is 3.75. The summed E-state index contributed by atoms with van der Waals surface area (Å²) in [4.78, 5) is 16.8. The molecule has 1 fully saturated rings. The van der Waals surface area contributed by atoms with Crippen LogP contribution in [0.15, 0.2) is 53.9 Å². The van der Waals surface area contributed by atoms with Crippen LogP contribution >= 0.6 is 11.3 Å². The Balaban J connectivity index is 1.43. The predicted molar refractivity (Wildman–Crippen MR) is 121 cm³/mol. The van der Waals surface area contributed by atoms with E-state index in [1.165, 1.54) is 0 Å². The maximum Gasteiger partial charge on any atom is 0.227 e. The second-order valence-electron chi connectivity index (χ2n) is 7.50. The first-order chi connectivity index (χ1) is 14.4. The Morgan fingerprint density at radius 2 is 1.90 bits per heavy atom. The molecule has 0 aliphatic heterocycles. The lowest BCUT2D eigenvalue weighted by Gasteiger charge is -2.05. The van der Waals surface area contributed by atoms with Gasteiger partial charge in [0.2, 0.25) is 15.9 Å². The summed E-state index contributed by atoms with van der Waals surface area (Å²) >= 11 is 1.56. The minimum absolute atomic E-state index is 0.0961. The van der Waals surface area contributed by atoms with E-state index in [1.807, 2.05) is 53.9 Å². The molecule has 156 valence electrons. The Morgan fingerprint density at radius 1 is 1.13 bits per heavy atom. The van der Waals surface area contributed by atoms with Crippen molar-refractivity contribution in [3.63, 3.8) is 0 Å². The number of thiazole rings is 1. The second-order valence-corrected chi connectivity index (χ2v) is 10.2.